The molecule has 0 saturated carbocycles. The van der Waals surface area contributed by atoms with Crippen molar-refractivity contribution in [2.45, 2.75) is 25.9 Å². The Labute approximate surface area is 177 Å². The molecule has 0 bridgehead atoms. The Morgan fingerprint density at radius 3 is 2.90 bits per heavy atom. The van der Waals surface area contributed by atoms with Crippen LogP contribution in [0.2, 0.25) is 0 Å². The fourth-order valence-electron chi connectivity index (χ4n) is 3.74. The molecule has 4 heterocycles. The Morgan fingerprint density at radius 2 is 2.06 bits per heavy atom. The van der Waals surface area contributed by atoms with Gasteiger partial charge in [0.1, 0.15) is 12.1 Å². The van der Waals surface area contributed by atoms with Crippen LogP contribution in [0.4, 0.5) is 4.39 Å². The lowest BCUT2D eigenvalue weighted by atomic mass is 10.0. The van der Waals surface area contributed by atoms with Crippen molar-refractivity contribution in [1.29, 1.82) is 0 Å². The average Bonchev–Trinajstić information content (AvgIpc) is 3.40. The smallest absolute Gasteiger partial charge is 0.226 e. The zero-order chi connectivity index (χ0) is 21.4. The van der Waals surface area contributed by atoms with E-state index in [0.717, 1.165) is 33.6 Å². The van der Waals surface area contributed by atoms with Gasteiger partial charge in [-0.15, -0.1) is 10.2 Å². The minimum absolute atomic E-state index is 0.138. The lowest BCUT2D eigenvalue weighted by molar-refractivity contribution is -0.121. The number of pyridine rings is 2. The number of aliphatic imine (C=N–C) groups is 1. The third kappa shape index (κ3) is 3.79. The summed E-state index contributed by atoms with van der Waals surface area (Å²) in [6, 6.07) is 11.7. The number of amides is 1. The van der Waals surface area contributed by atoms with Crippen LogP contribution in [0.3, 0.4) is 0 Å². The van der Waals surface area contributed by atoms with E-state index < -0.39 is 0 Å². The molecule has 1 aliphatic heterocycles. The summed E-state index contributed by atoms with van der Waals surface area (Å²) < 4.78 is 14.9. The van der Waals surface area contributed by atoms with Gasteiger partial charge in [0.2, 0.25) is 5.91 Å². The number of aromatic nitrogens is 4. The lowest BCUT2D eigenvalue weighted by Gasteiger charge is -2.14. The highest BCUT2D eigenvalue weighted by molar-refractivity contribution is 6.15. The van der Waals surface area contributed by atoms with Crippen LogP contribution in [0.1, 0.15) is 40.9 Å². The number of halogens is 1. The molecule has 1 aromatic carbocycles. The quantitative estimate of drug-likeness (QED) is 0.544. The molecule has 31 heavy (non-hydrogen) atoms. The molecule has 0 aliphatic carbocycles. The molecule has 1 amide bonds. The molecule has 4 aromatic rings. The molecule has 0 fully saturated rings. The van der Waals surface area contributed by atoms with Crippen LogP contribution in [0.15, 0.2) is 66.2 Å². The van der Waals surface area contributed by atoms with Gasteiger partial charge in [0.15, 0.2) is 5.65 Å². The Hall–Kier alpha value is -3.94. The van der Waals surface area contributed by atoms with Gasteiger partial charge < -0.3 is 5.32 Å². The minimum atomic E-state index is -0.298. The number of carbonyl (C=O) groups is 1. The topological polar surface area (TPSA) is 84.5 Å². The number of nitrogens with one attached hydrogen (secondary N) is 1. The van der Waals surface area contributed by atoms with E-state index in [-0.39, 0.29) is 24.2 Å². The van der Waals surface area contributed by atoms with E-state index in [1.165, 1.54) is 12.1 Å². The Bertz CT molecular complexity index is 1310. The molecule has 7 nitrogen and oxygen atoms in total. The number of nitrogens with zero attached hydrogens (tertiary/aromatic N) is 5. The third-order valence-electron chi connectivity index (χ3n) is 5.36. The first kappa shape index (κ1) is 19.0. The summed E-state index contributed by atoms with van der Waals surface area (Å²) in [5, 5.41) is 10.9. The molecule has 8 heteroatoms. The zero-order valence-electron chi connectivity index (χ0n) is 16.8. The number of fused-ring (bicyclic) bond motifs is 2. The van der Waals surface area contributed by atoms with Crippen molar-refractivity contribution in [3.63, 3.8) is 0 Å². The van der Waals surface area contributed by atoms with Gasteiger partial charge in [-0.05, 0) is 48.4 Å². The van der Waals surface area contributed by atoms with Crippen molar-refractivity contribution in [2.24, 2.45) is 4.99 Å². The molecule has 154 valence electrons. The van der Waals surface area contributed by atoms with Crippen LogP contribution in [0, 0.1) is 5.82 Å². The highest BCUT2D eigenvalue weighted by Crippen LogP contribution is 2.23. The number of hydrogen-bond acceptors (Lipinski definition) is 5. The van der Waals surface area contributed by atoms with E-state index in [4.69, 9.17) is 0 Å². The number of carbonyl (C=O) groups excluding carboxylic acids is 1. The lowest BCUT2D eigenvalue weighted by Crippen LogP contribution is -2.28. The first-order chi connectivity index (χ1) is 15.1. The summed E-state index contributed by atoms with van der Waals surface area (Å²) in [4.78, 5) is 21.6. The minimum Gasteiger partial charge on any atom is -0.349 e. The molecule has 5 rings (SSSR count). The van der Waals surface area contributed by atoms with Crippen LogP contribution < -0.4 is 5.32 Å². The van der Waals surface area contributed by atoms with E-state index in [1.54, 1.807) is 24.7 Å². The van der Waals surface area contributed by atoms with E-state index in [9.17, 15) is 9.18 Å². The number of hydrogen-bond donors (Lipinski definition) is 1. The van der Waals surface area contributed by atoms with Crippen molar-refractivity contribution in [1.82, 2.24) is 24.9 Å². The van der Waals surface area contributed by atoms with Gasteiger partial charge in [-0.3, -0.25) is 19.2 Å². The SMILES string of the molecule is C[C@@H](NC(=O)Cc1cc2c(cn1)C(c1ccc3nncn3c1)=NC2)c1ccc(F)cc1. The monoisotopic (exact) mass is 414 g/mol. The first-order valence-corrected chi connectivity index (χ1v) is 9.94. The van der Waals surface area contributed by atoms with Crippen LogP contribution in [0.5, 0.6) is 0 Å². The second kappa shape index (κ2) is 7.71. The van der Waals surface area contributed by atoms with Crippen molar-refractivity contribution in [2.75, 3.05) is 0 Å². The van der Waals surface area contributed by atoms with Gasteiger partial charge in [-0.25, -0.2) is 4.39 Å². The van der Waals surface area contributed by atoms with Crippen LogP contribution >= 0.6 is 0 Å². The summed E-state index contributed by atoms with van der Waals surface area (Å²) in [5.41, 5.74) is 6.16. The van der Waals surface area contributed by atoms with Gasteiger partial charge >= 0.3 is 0 Å². The molecule has 0 unspecified atom stereocenters. The van der Waals surface area contributed by atoms with Gasteiger partial charge in [0, 0.05) is 23.5 Å². The van der Waals surface area contributed by atoms with Crippen LogP contribution in [0.25, 0.3) is 5.65 Å². The second-order valence-corrected chi connectivity index (χ2v) is 7.53. The fraction of sp³-hybridized carbons (Fsp3) is 0.174. The maximum Gasteiger partial charge on any atom is 0.226 e. The van der Waals surface area contributed by atoms with Crippen molar-refractivity contribution < 1.29 is 9.18 Å². The average molecular weight is 414 g/mol. The highest BCUT2D eigenvalue weighted by Gasteiger charge is 2.20. The van der Waals surface area contributed by atoms with E-state index in [0.29, 0.717) is 12.2 Å². The van der Waals surface area contributed by atoms with Crippen LogP contribution in [-0.2, 0) is 17.8 Å². The highest BCUT2D eigenvalue weighted by atomic mass is 19.1. The summed E-state index contributed by atoms with van der Waals surface area (Å²) in [5.74, 6) is -0.436. The van der Waals surface area contributed by atoms with Crippen molar-refractivity contribution in [3.05, 3.63) is 95.0 Å². The van der Waals surface area contributed by atoms with Crippen LogP contribution in [-0.4, -0.2) is 31.2 Å². The maximum atomic E-state index is 13.1. The molecule has 1 N–H and O–H groups in total. The number of rotatable bonds is 5. The van der Waals surface area contributed by atoms with Gasteiger partial charge in [0.25, 0.3) is 0 Å². The van der Waals surface area contributed by atoms with E-state index in [1.807, 2.05) is 35.7 Å². The first-order valence-electron chi connectivity index (χ1n) is 9.94. The molecular weight excluding hydrogens is 395 g/mol. The summed E-state index contributed by atoms with van der Waals surface area (Å²) in [6.45, 7) is 2.42. The third-order valence-corrected chi connectivity index (χ3v) is 5.36. The fourth-order valence-corrected chi connectivity index (χ4v) is 3.74. The second-order valence-electron chi connectivity index (χ2n) is 7.53. The number of benzene rings is 1. The molecule has 1 atom stereocenters. The van der Waals surface area contributed by atoms with Crippen molar-refractivity contribution >= 4 is 17.3 Å². The summed E-state index contributed by atoms with van der Waals surface area (Å²) in [6.07, 6.45) is 5.55. The van der Waals surface area contributed by atoms with Crippen molar-refractivity contribution in [3.8, 4) is 0 Å². The standard InChI is InChI=1S/C23H19FN6O/c1-14(15-2-5-18(24)6-3-15)28-22(31)9-19-8-17-10-26-23(20(17)11-25-19)16-4-7-21-29-27-13-30(21)12-16/h2-8,11-14H,9-10H2,1H3,(H,28,31)/t14-/m1/s1. The molecule has 0 spiro atoms. The van der Waals surface area contributed by atoms with E-state index >= 15 is 0 Å². The Morgan fingerprint density at radius 1 is 1.23 bits per heavy atom. The largest absolute Gasteiger partial charge is 0.349 e. The van der Waals surface area contributed by atoms with E-state index in [2.05, 4.69) is 25.5 Å². The van der Waals surface area contributed by atoms with Gasteiger partial charge in [-0.1, -0.05) is 12.1 Å². The zero-order valence-corrected chi connectivity index (χ0v) is 16.8. The molecular formula is C23H19FN6O. The summed E-state index contributed by atoms with van der Waals surface area (Å²) >= 11 is 0. The van der Waals surface area contributed by atoms with Gasteiger partial charge in [-0.2, -0.15) is 0 Å². The predicted molar refractivity (Wildman–Crippen MR) is 113 cm³/mol. The molecule has 0 saturated heterocycles. The van der Waals surface area contributed by atoms with Gasteiger partial charge in [0.05, 0.1) is 30.4 Å². The molecule has 1 aliphatic rings. The molecule has 0 radical (unpaired) electrons. The predicted octanol–water partition coefficient (Wildman–Crippen LogP) is 3.03. The normalized spacial score (nSPS) is 13.7. The summed E-state index contributed by atoms with van der Waals surface area (Å²) in [7, 11) is 0. The Balaban J connectivity index is 1.28. The maximum absolute atomic E-state index is 13.1. The molecule has 3 aromatic heterocycles. The Kier molecular flexibility index (Phi) is 4.74.